The molecule has 0 spiro atoms. The molecule has 0 aromatic heterocycles. The van der Waals surface area contributed by atoms with E-state index in [4.69, 9.17) is 0 Å². The number of hydrogen-bond acceptors (Lipinski definition) is 2. The zero-order chi connectivity index (χ0) is 12.1. The van der Waals surface area contributed by atoms with Crippen molar-refractivity contribution in [3.05, 3.63) is 32.7 Å². The molecule has 16 heavy (non-hydrogen) atoms. The Morgan fingerprint density at radius 2 is 1.81 bits per heavy atom. The van der Waals surface area contributed by atoms with Crippen molar-refractivity contribution in [1.29, 1.82) is 0 Å². The number of amides is 1. The summed E-state index contributed by atoms with van der Waals surface area (Å²) in [5.74, 6) is -0.0520. The summed E-state index contributed by atoms with van der Waals surface area (Å²) in [5, 5.41) is 2.86. The van der Waals surface area contributed by atoms with Gasteiger partial charge in [-0.1, -0.05) is 31.9 Å². The van der Waals surface area contributed by atoms with Crippen LogP contribution < -0.4 is 5.32 Å². The van der Waals surface area contributed by atoms with Crippen LogP contribution in [0.4, 0.5) is 0 Å². The summed E-state index contributed by atoms with van der Waals surface area (Å²) in [5.41, 5.74) is 0.653. The van der Waals surface area contributed by atoms with Crippen molar-refractivity contribution < 1.29 is 4.79 Å². The lowest BCUT2D eigenvalue weighted by molar-refractivity contribution is 0.0951. The van der Waals surface area contributed by atoms with Crippen molar-refractivity contribution in [2.45, 2.75) is 0 Å². The van der Waals surface area contributed by atoms with E-state index in [1.807, 2.05) is 25.1 Å². The molecule has 0 aliphatic rings. The lowest BCUT2D eigenvalue weighted by Crippen LogP contribution is -2.31. The van der Waals surface area contributed by atoms with Gasteiger partial charge in [0.25, 0.3) is 5.91 Å². The van der Waals surface area contributed by atoms with Gasteiger partial charge in [-0.3, -0.25) is 4.79 Å². The van der Waals surface area contributed by atoms with Gasteiger partial charge in [0.2, 0.25) is 0 Å². The molecular weight excluding hydrogens is 336 g/mol. The second-order valence-electron chi connectivity index (χ2n) is 3.72. The molecule has 1 N–H and O–H groups in total. The molecule has 88 valence electrons. The van der Waals surface area contributed by atoms with Crippen molar-refractivity contribution in [3.8, 4) is 0 Å². The van der Waals surface area contributed by atoms with E-state index in [-0.39, 0.29) is 5.91 Å². The predicted octanol–water partition coefficient (Wildman–Crippen LogP) is 2.50. The summed E-state index contributed by atoms with van der Waals surface area (Å²) in [4.78, 5) is 13.8. The summed E-state index contributed by atoms with van der Waals surface area (Å²) in [6, 6.07) is 5.50. The first-order valence-electron chi connectivity index (χ1n) is 4.88. The van der Waals surface area contributed by atoms with Crippen LogP contribution in [0.1, 0.15) is 10.4 Å². The number of halogens is 2. The SMILES string of the molecule is CN(C)CCNC(=O)c1cc(Br)cc(Br)c1. The first kappa shape index (κ1) is 13.7. The van der Waals surface area contributed by atoms with E-state index in [2.05, 4.69) is 37.2 Å². The van der Waals surface area contributed by atoms with Crippen LogP contribution in [0.25, 0.3) is 0 Å². The smallest absolute Gasteiger partial charge is 0.251 e. The molecule has 0 unspecified atom stereocenters. The first-order valence-corrected chi connectivity index (χ1v) is 6.46. The zero-order valence-corrected chi connectivity index (χ0v) is 12.4. The molecule has 5 heteroatoms. The molecule has 1 rings (SSSR count). The van der Waals surface area contributed by atoms with Crippen LogP contribution in [0.3, 0.4) is 0 Å². The molecule has 0 aliphatic carbocycles. The van der Waals surface area contributed by atoms with Gasteiger partial charge in [-0.05, 0) is 32.3 Å². The maximum Gasteiger partial charge on any atom is 0.251 e. The lowest BCUT2D eigenvalue weighted by Gasteiger charge is -2.10. The summed E-state index contributed by atoms with van der Waals surface area (Å²) < 4.78 is 1.78. The van der Waals surface area contributed by atoms with E-state index in [9.17, 15) is 4.79 Å². The summed E-state index contributed by atoms with van der Waals surface area (Å²) in [7, 11) is 3.95. The molecule has 0 aliphatic heterocycles. The van der Waals surface area contributed by atoms with Gasteiger partial charge in [0.15, 0.2) is 0 Å². The van der Waals surface area contributed by atoms with E-state index in [1.165, 1.54) is 0 Å². The first-order chi connectivity index (χ1) is 7.49. The van der Waals surface area contributed by atoms with Crippen molar-refractivity contribution in [2.75, 3.05) is 27.2 Å². The molecule has 0 saturated carbocycles. The van der Waals surface area contributed by atoms with E-state index in [1.54, 1.807) is 12.1 Å². The minimum Gasteiger partial charge on any atom is -0.351 e. The number of nitrogens with zero attached hydrogens (tertiary/aromatic N) is 1. The number of hydrogen-bond donors (Lipinski definition) is 1. The fraction of sp³-hybridized carbons (Fsp3) is 0.364. The largest absolute Gasteiger partial charge is 0.351 e. The third-order valence-corrected chi connectivity index (χ3v) is 2.88. The summed E-state index contributed by atoms with van der Waals surface area (Å²) in [6.07, 6.45) is 0. The molecule has 0 atom stereocenters. The third kappa shape index (κ3) is 4.63. The minimum atomic E-state index is -0.0520. The minimum absolute atomic E-state index is 0.0520. The quantitative estimate of drug-likeness (QED) is 0.905. The van der Waals surface area contributed by atoms with Crippen LogP contribution in [0.5, 0.6) is 0 Å². The second-order valence-corrected chi connectivity index (χ2v) is 5.55. The van der Waals surface area contributed by atoms with Gasteiger partial charge in [0.1, 0.15) is 0 Å². The number of carbonyl (C=O) groups excluding carboxylic acids is 1. The fourth-order valence-corrected chi connectivity index (χ4v) is 2.47. The highest BCUT2D eigenvalue weighted by Gasteiger charge is 2.06. The summed E-state index contributed by atoms with van der Waals surface area (Å²) in [6.45, 7) is 1.48. The van der Waals surface area contributed by atoms with Gasteiger partial charge in [-0.2, -0.15) is 0 Å². The van der Waals surface area contributed by atoms with Gasteiger partial charge < -0.3 is 10.2 Å². The number of carbonyl (C=O) groups is 1. The molecule has 0 bridgehead atoms. The number of likely N-dealkylation sites (N-methyl/N-ethyl adjacent to an activating group) is 1. The second kappa shape index (κ2) is 6.37. The molecule has 1 aromatic carbocycles. The van der Waals surface area contributed by atoms with Gasteiger partial charge in [0.05, 0.1) is 0 Å². The maximum absolute atomic E-state index is 11.8. The van der Waals surface area contributed by atoms with Crippen molar-refractivity contribution in [1.82, 2.24) is 10.2 Å². The monoisotopic (exact) mass is 348 g/mol. The van der Waals surface area contributed by atoms with Crippen LogP contribution in [-0.2, 0) is 0 Å². The van der Waals surface area contributed by atoms with Crippen molar-refractivity contribution in [2.24, 2.45) is 0 Å². The Morgan fingerprint density at radius 1 is 1.25 bits per heavy atom. The molecular formula is C11H14Br2N2O. The van der Waals surface area contributed by atoms with Crippen LogP contribution in [0, 0.1) is 0 Å². The van der Waals surface area contributed by atoms with Gasteiger partial charge in [-0.15, -0.1) is 0 Å². The van der Waals surface area contributed by atoms with E-state index < -0.39 is 0 Å². The van der Waals surface area contributed by atoms with Crippen LogP contribution in [0.2, 0.25) is 0 Å². The molecule has 0 heterocycles. The molecule has 0 fully saturated rings. The Labute approximate surface area is 112 Å². The van der Waals surface area contributed by atoms with Crippen molar-refractivity contribution in [3.63, 3.8) is 0 Å². The normalized spacial score (nSPS) is 10.6. The Hall–Kier alpha value is -0.390. The number of benzene rings is 1. The Kier molecular flexibility index (Phi) is 5.44. The Balaban J connectivity index is 2.59. The summed E-state index contributed by atoms with van der Waals surface area (Å²) >= 11 is 6.71. The molecule has 0 radical (unpaired) electrons. The lowest BCUT2D eigenvalue weighted by atomic mass is 10.2. The predicted molar refractivity (Wildman–Crippen MR) is 72.7 cm³/mol. The number of rotatable bonds is 4. The van der Waals surface area contributed by atoms with E-state index in [0.717, 1.165) is 15.5 Å². The number of nitrogens with one attached hydrogen (secondary N) is 1. The van der Waals surface area contributed by atoms with E-state index in [0.29, 0.717) is 12.1 Å². The highest BCUT2D eigenvalue weighted by atomic mass is 79.9. The molecule has 3 nitrogen and oxygen atoms in total. The molecule has 1 aromatic rings. The van der Waals surface area contributed by atoms with Gasteiger partial charge in [0, 0.05) is 27.6 Å². The highest BCUT2D eigenvalue weighted by Crippen LogP contribution is 2.19. The topological polar surface area (TPSA) is 32.3 Å². The van der Waals surface area contributed by atoms with Gasteiger partial charge >= 0.3 is 0 Å². The standard InChI is InChI=1S/C11H14Br2N2O/c1-15(2)4-3-14-11(16)8-5-9(12)7-10(13)6-8/h5-7H,3-4H2,1-2H3,(H,14,16). The average molecular weight is 350 g/mol. The maximum atomic E-state index is 11.8. The Morgan fingerprint density at radius 3 is 2.31 bits per heavy atom. The van der Waals surface area contributed by atoms with Crippen molar-refractivity contribution >= 4 is 37.8 Å². The highest BCUT2D eigenvalue weighted by molar-refractivity contribution is 9.11. The van der Waals surface area contributed by atoms with Crippen LogP contribution in [-0.4, -0.2) is 38.0 Å². The van der Waals surface area contributed by atoms with E-state index >= 15 is 0 Å². The van der Waals surface area contributed by atoms with Crippen LogP contribution >= 0.6 is 31.9 Å². The Bertz CT molecular complexity index is 360. The molecule has 0 saturated heterocycles. The van der Waals surface area contributed by atoms with Gasteiger partial charge in [-0.25, -0.2) is 0 Å². The average Bonchev–Trinajstić information content (AvgIpc) is 2.15. The molecule has 1 amide bonds. The zero-order valence-electron chi connectivity index (χ0n) is 9.26. The van der Waals surface area contributed by atoms with Crippen LogP contribution in [0.15, 0.2) is 27.1 Å². The fourth-order valence-electron chi connectivity index (χ4n) is 1.18. The third-order valence-electron chi connectivity index (χ3n) is 1.97.